The average molecular weight is 338 g/mol. The number of aryl methyl sites for hydroxylation is 1. The second-order valence-electron chi connectivity index (χ2n) is 5.86. The van der Waals surface area contributed by atoms with Gasteiger partial charge < -0.3 is 10.1 Å². The molecule has 0 aliphatic carbocycles. The van der Waals surface area contributed by atoms with Crippen LogP contribution in [0.1, 0.15) is 33.2 Å². The zero-order valence-corrected chi connectivity index (χ0v) is 14.0. The minimum atomic E-state index is -0.612. The molecule has 1 aliphatic heterocycles. The molecule has 6 nitrogen and oxygen atoms in total. The molecule has 1 heterocycles. The van der Waals surface area contributed by atoms with Crippen molar-refractivity contribution < 1.29 is 19.1 Å². The van der Waals surface area contributed by atoms with Gasteiger partial charge in [-0.25, -0.2) is 9.69 Å². The molecule has 0 saturated carbocycles. The lowest BCUT2D eigenvalue weighted by Crippen LogP contribution is -2.36. The van der Waals surface area contributed by atoms with Crippen LogP contribution in [0.4, 0.5) is 5.69 Å². The number of hydrogen-bond acceptors (Lipinski definition) is 5. The van der Waals surface area contributed by atoms with Gasteiger partial charge in [0.2, 0.25) is 0 Å². The summed E-state index contributed by atoms with van der Waals surface area (Å²) in [7, 11) is 0. The van der Waals surface area contributed by atoms with Gasteiger partial charge in [0.15, 0.2) is 6.73 Å². The number of fused-ring (bicyclic) bond motifs is 1. The Morgan fingerprint density at radius 1 is 1.08 bits per heavy atom. The van der Waals surface area contributed by atoms with E-state index in [1.807, 2.05) is 30.3 Å². The van der Waals surface area contributed by atoms with Gasteiger partial charge in [-0.2, -0.15) is 0 Å². The number of esters is 1. The molecule has 3 rings (SSSR count). The summed E-state index contributed by atoms with van der Waals surface area (Å²) in [4.78, 5) is 37.8. The molecule has 0 fully saturated rings. The molecule has 0 bridgehead atoms. The number of carbonyl (C=O) groups is 3. The highest BCUT2D eigenvalue weighted by atomic mass is 16.5. The summed E-state index contributed by atoms with van der Waals surface area (Å²) in [6.45, 7) is 3.03. The van der Waals surface area contributed by atoms with Crippen molar-refractivity contribution in [3.8, 4) is 0 Å². The molecule has 2 amide bonds. The topological polar surface area (TPSA) is 75.7 Å². The minimum absolute atomic E-state index is 0.344. The Balaban J connectivity index is 1.62. The fourth-order valence-electron chi connectivity index (χ4n) is 2.72. The molecule has 128 valence electrons. The number of nitrogens with zero attached hydrogens (tertiary/aromatic N) is 1. The summed E-state index contributed by atoms with van der Waals surface area (Å²) in [5.41, 5.74) is 2.22. The summed E-state index contributed by atoms with van der Waals surface area (Å²) in [5.74, 6) is -1.42. The molecule has 1 atom stereocenters. The van der Waals surface area contributed by atoms with E-state index >= 15 is 0 Å². The third-order valence-electron chi connectivity index (χ3n) is 4.05. The van der Waals surface area contributed by atoms with Gasteiger partial charge in [0.1, 0.15) is 6.04 Å². The molecule has 1 unspecified atom stereocenters. The number of hydrogen-bond donors (Lipinski definition) is 1. The first kappa shape index (κ1) is 16.7. The molecular weight excluding hydrogens is 320 g/mol. The van der Waals surface area contributed by atoms with Crippen LogP contribution in [-0.2, 0) is 9.53 Å². The van der Waals surface area contributed by atoms with Crippen molar-refractivity contribution in [2.24, 2.45) is 0 Å². The monoisotopic (exact) mass is 338 g/mol. The Kier molecular flexibility index (Phi) is 4.52. The van der Waals surface area contributed by atoms with E-state index in [0.717, 1.165) is 16.2 Å². The molecule has 2 aromatic carbocycles. The van der Waals surface area contributed by atoms with Gasteiger partial charge in [0, 0.05) is 5.69 Å². The number of imide groups is 1. The Hall–Kier alpha value is -3.15. The van der Waals surface area contributed by atoms with Crippen LogP contribution < -0.4 is 5.32 Å². The number of rotatable bonds is 5. The number of ether oxygens (including phenoxy) is 1. The normalized spacial score (nSPS) is 14.2. The van der Waals surface area contributed by atoms with Gasteiger partial charge >= 0.3 is 5.97 Å². The quantitative estimate of drug-likeness (QED) is 0.670. The van der Waals surface area contributed by atoms with Gasteiger partial charge in [-0.3, -0.25) is 9.59 Å². The Morgan fingerprint density at radius 2 is 1.80 bits per heavy atom. The van der Waals surface area contributed by atoms with E-state index in [0.29, 0.717) is 11.1 Å². The van der Waals surface area contributed by atoms with Crippen molar-refractivity contribution >= 4 is 23.5 Å². The van der Waals surface area contributed by atoms with Crippen molar-refractivity contribution in [2.45, 2.75) is 19.9 Å². The highest BCUT2D eigenvalue weighted by Crippen LogP contribution is 2.25. The lowest BCUT2D eigenvalue weighted by atomic mass is 10.0. The second kappa shape index (κ2) is 6.76. The maximum absolute atomic E-state index is 12.4. The number of benzene rings is 2. The molecule has 0 aromatic heterocycles. The highest BCUT2D eigenvalue weighted by Gasteiger charge is 2.37. The van der Waals surface area contributed by atoms with E-state index in [-0.39, 0.29) is 0 Å². The molecule has 0 saturated heterocycles. The van der Waals surface area contributed by atoms with Crippen molar-refractivity contribution in [1.82, 2.24) is 4.90 Å². The van der Waals surface area contributed by atoms with Gasteiger partial charge in [0.25, 0.3) is 11.8 Å². The minimum Gasteiger partial charge on any atom is -0.442 e. The molecule has 2 aromatic rings. The molecular formula is C19H18N2O4. The fraction of sp³-hybridized carbons (Fsp3) is 0.211. The maximum Gasteiger partial charge on any atom is 0.329 e. The number of anilines is 1. The summed E-state index contributed by atoms with van der Waals surface area (Å²) < 4.78 is 5.15. The van der Waals surface area contributed by atoms with Crippen molar-refractivity contribution in [3.05, 3.63) is 65.2 Å². The van der Waals surface area contributed by atoms with Crippen molar-refractivity contribution in [1.29, 1.82) is 0 Å². The van der Waals surface area contributed by atoms with Crippen LogP contribution >= 0.6 is 0 Å². The van der Waals surface area contributed by atoms with E-state index in [4.69, 9.17) is 4.74 Å². The number of para-hydroxylation sites is 1. The standard InChI is InChI=1S/C19H18N2O4/c1-12-7-6-10-15-16(12)18(23)21(17(15)22)11-25-19(24)13(2)20-14-8-4-3-5-9-14/h3-10,13,20H,11H2,1-2H3. The van der Waals surface area contributed by atoms with Crippen LogP contribution in [0.5, 0.6) is 0 Å². The molecule has 6 heteroatoms. The SMILES string of the molecule is Cc1cccc2c1C(=O)N(COC(=O)C(C)Nc1ccccc1)C2=O. The molecule has 1 N–H and O–H groups in total. The summed E-state index contributed by atoms with van der Waals surface area (Å²) in [6.07, 6.45) is 0. The third kappa shape index (κ3) is 3.24. The maximum atomic E-state index is 12.4. The van der Waals surface area contributed by atoms with E-state index in [1.165, 1.54) is 0 Å². The molecule has 25 heavy (non-hydrogen) atoms. The summed E-state index contributed by atoms with van der Waals surface area (Å²) in [6, 6.07) is 13.7. The van der Waals surface area contributed by atoms with Gasteiger partial charge in [-0.15, -0.1) is 0 Å². The van der Waals surface area contributed by atoms with Crippen LogP contribution in [0, 0.1) is 6.92 Å². The van der Waals surface area contributed by atoms with E-state index < -0.39 is 30.6 Å². The first-order valence-corrected chi connectivity index (χ1v) is 7.93. The van der Waals surface area contributed by atoms with E-state index in [2.05, 4.69) is 5.32 Å². The van der Waals surface area contributed by atoms with Gasteiger partial charge in [-0.05, 0) is 37.6 Å². The summed E-state index contributed by atoms with van der Waals surface area (Å²) in [5, 5.41) is 3.00. The largest absolute Gasteiger partial charge is 0.442 e. The van der Waals surface area contributed by atoms with Crippen LogP contribution in [0.2, 0.25) is 0 Å². The van der Waals surface area contributed by atoms with Crippen molar-refractivity contribution in [2.75, 3.05) is 12.0 Å². The van der Waals surface area contributed by atoms with E-state index in [9.17, 15) is 14.4 Å². The third-order valence-corrected chi connectivity index (χ3v) is 4.05. The molecule has 0 spiro atoms. The molecule has 1 aliphatic rings. The summed E-state index contributed by atoms with van der Waals surface area (Å²) >= 11 is 0. The average Bonchev–Trinajstić information content (AvgIpc) is 2.85. The predicted octanol–water partition coefficient (Wildman–Crippen LogP) is 2.59. The first-order chi connectivity index (χ1) is 12.0. The zero-order chi connectivity index (χ0) is 18.0. The highest BCUT2D eigenvalue weighted by molar-refractivity contribution is 6.22. The van der Waals surface area contributed by atoms with E-state index in [1.54, 1.807) is 32.0 Å². The van der Waals surface area contributed by atoms with Crippen LogP contribution in [0.25, 0.3) is 0 Å². The first-order valence-electron chi connectivity index (χ1n) is 7.93. The predicted molar refractivity (Wildman–Crippen MR) is 92.2 cm³/mol. The van der Waals surface area contributed by atoms with Crippen molar-refractivity contribution in [3.63, 3.8) is 0 Å². The lowest BCUT2D eigenvalue weighted by molar-refractivity contribution is -0.146. The molecule has 0 radical (unpaired) electrons. The lowest BCUT2D eigenvalue weighted by Gasteiger charge is -2.18. The second-order valence-corrected chi connectivity index (χ2v) is 5.86. The van der Waals surface area contributed by atoms with Crippen LogP contribution in [-0.4, -0.2) is 35.5 Å². The Morgan fingerprint density at radius 3 is 2.48 bits per heavy atom. The zero-order valence-electron chi connectivity index (χ0n) is 14.0. The van der Waals surface area contributed by atoms with Gasteiger partial charge in [0.05, 0.1) is 11.1 Å². The van der Waals surface area contributed by atoms with Crippen LogP contribution in [0.15, 0.2) is 48.5 Å². The number of nitrogens with one attached hydrogen (secondary N) is 1. The smallest absolute Gasteiger partial charge is 0.329 e. The van der Waals surface area contributed by atoms with Crippen LogP contribution in [0.3, 0.4) is 0 Å². The Bertz CT molecular complexity index is 833. The Labute approximate surface area is 145 Å². The number of amides is 2. The van der Waals surface area contributed by atoms with Gasteiger partial charge in [-0.1, -0.05) is 30.3 Å². The fourth-order valence-corrected chi connectivity index (χ4v) is 2.72. The number of carbonyl (C=O) groups excluding carboxylic acids is 3.